The number of nitrogens with zero attached hydrogens (tertiary/aromatic N) is 2. The van der Waals surface area contributed by atoms with Crippen molar-refractivity contribution in [1.82, 2.24) is 0 Å². The Morgan fingerprint density at radius 3 is 1.62 bits per heavy atom. The highest BCUT2D eigenvalue weighted by molar-refractivity contribution is 6.00. The van der Waals surface area contributed by atoms with Crippen LogP contribution in [-0.4, -0.2) is 42.4 Å². The Labute approximate surface area is 186 Å². The van der Waals surface area contributed by atoms with Gasteiger partial charge in [-0.1, -0.05) is 23.4 Å². The van der Waals surface area contributed by atoms with Crippen LogP contribution in [0.3, 0.4) is 0 Å². The number of benzene rings is 2. The summed E-state index contributed by atoms with van der Waals surface area (Å²) in [4.78, 5) is 26.0. The van der Waals surface area contributed by atoms with Gasteiger partial charge in [0.1, 0.15) is 0 Å². The molecule has 0 heterocycles. The van der Waals surface area contributed by atoms with Crippen LogP contribution in [0.4, 0.5) is 5.69 Å². The van der Waals surface area contributed by atoms with Crippen LogP contribution in [0.15, 0.2) is 29.4 Å². The summed E-state index contributed by atoms with van der Waals surface area (Å²) in [6.45, 7) is 14.1. The van der Waals surface area contributed by atoms with Gasteiger partial charge in [-0.05, 0) is 56.0 Å². The zero-order chi connectivity index (χ0) is 25.0. The lowest BCUT2D eigenvalue weighted by molar-refractivity contribution is 0.0591. The van der Waals surface area contributed by atoms with Crippen LogP contribution in [0.2, 0.25) is 0 Å². The zero-order valence-corrected chi connectivity index (χ0v) is 18.9. The second-order valence-corrected chi connectivity index (χ2v) is 6.37. The number of methoxy groups -OCH3 is 2. The van der Waals surface area contributed by atoms with E-state index in [0.29, 0.717) is 22.4 Å². The van der Waals surface area contributed by atoms with Crippen molar-refractivity contribution in [1.29, 1.82) is 0 Å². The number of ether oxygens (including phenoxy) is 2. The van der Waals surface area contributed by atoms with Crippen LogP contribution in [0.25, 0.3) is 4.85 Å². The Morgan fingerprint density at radius 1 is 0.844 bits per heavy atom. The molecule has 0 bridgehead atoms. The highest BCUT2D eigenvalue weighted by Crippen LogP contribution is 2.24. The molecule has 2 aromatic rings. The molecule has 0 spiro atoms. The minimum Gasteiger partial charge on any atom is -0.465 e. The summed E-state index contributed by atoms with van der Waals surface area (Å²) in [5.41, 5.74) is 10.9. The number of carbonyl (C=O) groups excluding carboxylic acids is 2. The third-order valence-corrected chi connectivity index (χ3v) is 4.86. The zero-order valence-electron chi connectivity index (χ0n) is 18.9. The van der Waals surface area contributed by atoms with E-state index in [1.165, 1.54) is 14.2 Å². The van der Waals surface area contributed by atoms with E-state index in [-0.39, 0.29) is 11.8 Å². The van der Waals surface area contributed by atoms with Crippen molar-refractivity contribution in [2.45, 2.75) is 27.7 Å². The maximum absolute atomic E-state index is 11.4. The third-order valence-electron chi connectivity index (χ3n) is 4.86. The van der Waals surface area contributed by atoms with E-state index in [2.05, 4.69) is 25.4 Å². The molecule has 0 radical (unpaired) electrons. The Hall–Kier alpha value is -3.94. The molecule has 10 heteroatoms. The van der Waals surface area contributed by atoms with Gasteiger partial charge in [-0.25, -0.2) is 20.3 Å². The molecule has 0 aliphatic carbocycles. The average molecular weight is 444 g/mol. The first-order valence-corrected chi connectivity index (χ1v) is 9.12. The lowest BCUT2D eigenvalue weighted by Gasteiger charge is -2.10. The van der Waals surface area contributed by atoms with Crippen molar-refractivity contribution in [3.05, 3.63) is 74.6 Å². The summed E-state index contributed by atoms with van der Waals surface area (Å²) in [5.74, 6) is 2.77. The Kier molecular flexibility index (Phi) is 11.7. The SMILES string of the molecule is COC(=O)c1ccc(/C(N)=N/O)c(C)c1C.NO.[C-]#[N+]c1ccc(C(=O)OC)c(C)c1C. The van der Waals surface area contributed by atoms with Gasteiger partial charge in [0.05, 0.1) is 31.9 Å². The second-order valence-electron chi connectivity index (χ2n) is 6.37. The van der Waals surface area contributed by atoms with Crippen LogP contribution < -0.4 is 11.6 Å². The van der Waals surface area contributed by atoms with Gasteiger partial charge in [0.2, 0.25) is 0 Å². The first-order chi connectivity index (χ1) is 15.1. The predicted molar refractivity (Wildman–Crippen MR) is 119 cm³/mol. The van der Waals surface area contributed by atoms with Gasteiger partial charge in [0, 0.05) is 5.56 Å². The molecule has 0 aliphatic rings. The van der Waals surface area contributed by atoms with Crippen molar-refractivity contribution in [3.63, 3.8) is 0 Å². The van der Waals surface area contributed by atoms with E-state index in [1.807, 2.05) is 13.8 Å². The highest BCUT2D eigenvalue weighted by Gasteiger charge is 2.15. The van der Waals surface area contributed by atoms with Crippen LogP contribution in [-0.2, 0) is 9.47 Å². The first-order valence-electron chi connectivity index (χ1n) is 9.12. The molecule has 0 aromatic heterocycles. The third kappa shape index (κ3) is 6.53. The Bertz CT molecular complexity index is 1040. The lowest BCUT2D eigenvalue weighted by atomic mass is 9.97. The number of oxime groups is 1. The molecule has 2 aromatic carbocycles. The van der Waals surface area contributed by atoms with Crippen molar-refractivity contribution < 1.29 is 29.5 Å². The summed E-state index contributed by atoms with van der Waals surface area (Å²) in [6, 6.07) is 6.49. The molecule has 0 unspecified atom stereocenters. The molecule has 0 amide bonds. The maximum Gasteiger partial charge on any atom is 0.338 e. The molecule has 0 saturated carbocycles. The summed E-state index contributed by atoms with van der Waals surface area (Å²) in [6.07, 6.45) is 0. The monoisotopic (exact) mass is 444 g/mol. The molecule has 10 nitrogen and oxygen atoms in total. The van der Waals surface area contributed by atoms with E-state index >= 15 is 0 Å². The van der Waals surface area contributed by atoms with Gasteiger partial charge in [0.15, 0.2) is 11.5 Å². The predicted octanol–water partition coefficient (Wildman–Crippen LogP) is 3.16. The minimum atomic E-state index is -0.397. The number of esters is 2. The summed E-state index contributed by atoms with van der Waals surface area (Å²) in [7, 11) is 2.68. The van der Waals surface area contributed by atoms with Crippen LogP contribution in [0, 0.1) is 34.3 Å². The van der Waals surface area contributed by atoms with E-state index in [0.717, 1.165) is 22.3 Å². The number of hydrogen-bond acceptors (Lipinski definition) is 8. The van der Waals surface area contributed by atoms with Crippen LogP contribution >= 0.6 is 0 Å². The first kappa shape index (κ1) is 28.1. The topological polar surface area (TPSA) is 162 Å². The number of rotatable bonds is 3. The van der Waals surface area contributed by atoms with E-state index in [9.17, 15) is 9.59 Å². The van der Waals surface area contributed by atoms with Gasteiger partial charge in [0.25, 0.3) is 0 Å². The summed E-state index contributed by atoms with van der Waals surface area (Å²) in [5, 5.41) is 18.0. The van der Waals surface area contributed by atoms with E-state index < -0.39 is 5.97 Å². The molecular formula is C22H28N4O6. The Morgan fingerprint density at radius 2 is 1.22 bits per heavy atom. The largest absolute Gasteiger partial charge is 0.465 e. The molecule has 6 N–H and O–H groups in total. The quantitative estimate of drug-likeness (QED) is 0.140. The van der Waals surface area contributed by atoms with Crippen LogP contribution in [0.1, 0.15) is 48.5 Å². The van der Waals surface area contributed by atoms with Gasteiger partial charge < -0.3 is 25.6 Å². The maximum atomic E-state index is 11.4. The minimum absolute atomic E-state index is 0.0250. The van der Waals surface area contributed by atoms with Crippen molar-refractivity contribution in [2.75, 3.05) is 14.2 Å². The summed E-state index contributed by atoms with van der Waals surface area (Å²) < 4.78 is 9.28. The van der Waals surface area contributed by atoms with Crippen LogP contribution in [0.5, 0.6) is 0 Å². The van der Waals surface area contributed by atoms with Gasteiger partial charge in [-0.15, -0.1) is 0 Å². The number of hydrogen-bond donors (Lipinski definition) is 4. The molecule has 172 valence electrons. The fraction of sp³-hybridized carbons (Fsp3) is 0.273. The second kappa shape index (κ2) is 13.4. The molecule has 32 heavy (non-hydrogen) atoms. The number of carbonyl (C=O) groups is 2. The highest BCUT2D eigenvalue weighted by atomic mass is 16.5. The molecule has 2 rings (SSSR count). The van der Waals surface area contributed by atoms with Crippen molar-refractivity contribution in [3.8, 4) is 0 Å². The molecule has 0 fully saturated rings. The molecule has 0 aliphatic heterocycles. The van der Waals surface area contributed by atoms with Crippen molar-refractivity contribution in [2.24, 2.45) is 16.8 Å². The standard InChI is InChI=1S/C11H14N2O3.C11H11NO2.H3NO/c1-6-7(2)9(11(14)16-3)5-4-8(6)10(12)13-15;1-7-8(2)10(12-3)6-5-9(7)11(13)14-4;1-2/h4-5,15H,1-3H3,(H2,12,13);5-6H,1-2,4H3;2H,1H2. The van der Waals surface area contributed by atoms with Gasteiger partial charge >= 0.3 is 11.9 Å². The van der Waals surface area contributed by atoms with Crippen molar-refractivity contribution >= 4 is 23.5 Å². The Balaban J connectivity index is 0.000000561. The average Bonchev–Trinajstić information content (AvgIpc) is 2.82. The summed E-state index contributed by atoms with van der Waals surface area (Å²) >= 11 is 0. The molecule has 0 atom stereocenters. The molecular weight excluding hydrogens is 416 g/mol. The van der Waals surface area contributed by atoms with E-state index in [1.54, 1.807) is 38.1 Å². The van der Waals surface area contributed by atoms with E-state index in [4.69, 9.17) is 22.7 Å². The molecule has 0 saturated heterocycles. The number of nitrogens with two attached hydrogens (primary N) is 2. The van der Waals surface area contributed by atoms with Gasteiger partial charge in [-0.2, -0.15) is 0 Å². The lowest BCUT2D eigenvalue weighted by Crippen LogP contribution is -2.16. The fourth-order valence-electron chi connectivity index (χ4n) is 2.74. The normalized spacial score (nSPS) is 9.91. The fourth-order valence-corrected chi connectivity index (χ4v) is 2.74. The smallest absolute Gasteiger partial charge is 0.338 e. The number of amidine groups is 1. The van der Waals surface area contributed by atoms with Gasteiger partial charge in [-0.3, -0.25) is 0 Å².